The first-order valence-corrected chi connectivity index (χ1v) is 14.7. The lowest BCUT2D eigenvalue weighted by Gasteiger charge is -2.29. The third kappa shape index (κ3) is 6.82. The third-order valence-corrected chi connectivity index (χ3v) is 8.87. The summed E-state index contributed by atoms with van der Waals surface area (Å²) in [5.41, 5.74) is 2.26. The number of benzene rings is 1. The maximum Gasteiger partial charge on any atom is 0.416 e. The van der Waals surface area contributed by atoms with Gasteiger partial charge in [-0.2, -0.15) is 13.2 Å². The smallest absolute Gasteiger partial charge is 0.416 e. The normalized spacial score (nSPS) is 27.5. The summed E-state index contributed by atoms with van der Waals surface area (Å²) in [7, 11) is -4.73. The van der Waals surface area contributed by atoms with Crippen LogP contribution < -0.4 is 15.8 Å². The molecule has 15 heteroatoms. The van der Waals surface area contributed by atoms with Gasteiger partial charge in [0.1, 0.15) is 11.6 Å². The average Bonchev–Trinajstić information content (AvgIpc) is 3.36. The number of nitrogens with two attached hydrogens (primary N) is 1. The molecule has 1 saturated heterocycles. The van der Waals surface area contributed by atoms with Gasteiger partial charge in [0.25, 0.3) is 21.8 Å². The predicted molar refractivity (Wildman–Crippen MR) is 137 cm³/mol. The Labute approximate surface area is 234 Å². The van der Waals surface area contributed by atoms with E-state index in [0.29, 0.717) is 44.2 Å². The molecule has 1 aromatic carbocycles. The number of hydrogen-bond donors (Lipinski definition) is 3. The average molecular weight is 601 g/mol. The summed E-state index contributed by atoms with van der Waals surface area (Å²) in [6.45, 7) is 0.196. The molecule has 2 heterocycles. The highest BCUT2D eigenvalue weighted by molar-refractivity contribution is 7.90. The van der Waals surface area contributed by atoms with Crippen molar-refractivity contribution in [1.29, 1.82) is 0 Å². The van der Waals surface area contributed by atoms with Crippen molar-refractivity contribution < 1.29 is 45.5 Å². The van der Waals surface area contributed by atoms with Crippen LogP contribution >= 0.6 is 0 Å². The fraction of sp³-hybridized carbons (Fsp3) is 0.538. The van der Waals surface area contributed by atoms with Crippen LogP contribution in [0.15, 0.2) is 41.3 Å². The first-order chi connectivity index (χ1) is 19.2. The zero-order valence-corrected chi connectivity index (χ0v) is 22.8. The van der Waals surface area contributed by atoms with Crippen molar-refractivity contribution in [3.05, 3.63) is 42.0 Å². The number of carbonyl (C=O) groups excluding carboxylic acids is 4. The molecule has 2 aliphatic heterocycles. The lowest BCUT2D eigenvalue weighted by molar-refractivity contribution is -0.146. The lowest BCUT2D eigenvalue weighted by atomic mass is 10.1. The Morgan fingerprint density at radius 3 is 2.59 bits per heavy atom. The summed E-state index contributed by atoms with van der Waals surface area (Å²) in [6, 6.07) is 1.94. The zero-order valence-electron chi connectivity index (χ0n) is 22.0. The number of nitrogens with zero attached hydrogens (tertiary/aromatic N) is 1. The summed E-state index contributed by atoms with van der Waals surface area (Å²) in [6.07, 6.45) is -0.0552. The van der Waals surface area contributed by atoms with Crippen molar-refractivity contribution in [3.8, 4) is 0 Å². The Hall–Kier alpha value is -3.62. The van der Waals surface area contributed by atoms with Gasteiger partial charge in [-0.25, -0.2) is 17.9 Å². The van der Waals surface area contributed by atoms with Crippen LogP contribution in [-0.4, -0.2) is 61.4 Å². The number of carbonyl (C=O) groups is 4. The van der Waals surface area contributed by atoms with Gasteiger partial charge in [-0.3, -0.25) is 14.4 Å². The fourth-order valence-electron chi connectivity index (χ4n) is 5.29. The first-order valence-electron chi connectivity index (χ1n) is 13.2. The molecule has 4 atom stereocenters. The molecule has 1 saturated carbocycles. The maximum atomic E-state index is 13.4. The zero-order chi connectivity index (χ0) is 30.0. The summed E-state index contributed by atoms with van der Waals surface area (Å²) < 4.78 is 72.1. The Morgan fingerprint density at radius 1 is 1.12 bits per heavy atom. The molecule has 0 bridgehead atoms. The van der Waals surface area contributed by atoms with Gasteiger partial charge in [0.2, 0.25) is 5.91 Å². The Balaban J connectivity index is 1.59. The Morgan fingerprint density at radius 2 is 1.88 bits per heavy atom. The summed E-state index contributed by atoms with van der Waals surface area (Å²) >= 11 is 0. The topological polar surface area (TPSA) is 165 Å². The molecule has 41 heavy (non-hydrogen) atoms. The number of amides is 4. The number of hydrogen-bond acceptors (Lipinski definition) is 7. The largest absolute Gasteiger partial charge is 0.436 e. The van der Waals surface area contributed by atoms with Crippen LogP contribution in [0.5, 0.6) is 0 Å². The van der Waals surface area contributed by atoms with Crippen molar-refractivity contribution >= 4 is 33.8 Å². The third-order valence-electron chi connectivity index (χ3n) is 7.54. The molecule has 0 radical (unpaired) electrons. The molecule has 4 unspecified atom stereocenters. The van der Waals surface area contributed by atoms with Gasteiger partial charge in [-0.05, 0) is 63.1 Å². The van der Waals surface area contributed by atoms with E-state index in [1.165, 1.54) is 4.90 Å². The highest BCUT2D eigenvalue weighted by Crippen LogP contribution is 2.46. The monoisotopic (exact) mass is 600 g/mol. The van der Waals surface area contributed by atoms with Gasteiger partial charge in [0.05, 0.1) is 10.5 Å². The van der Waals surface area contributed by atoms with E-state index in [1.807, 2.05) is 4.72 Å². The van der Waals surface area contributed by atoms with Crippen LogP contribution in [0.1, 0.15) is 56.9 Å². The first kappa shape index (κ1) is 30.3. The van der Waals surface area contributed by atoms with E-state index in [4.69, 9.17) is 10.5 Å². The van der Waals surface area contributed by atoms with Crippen molar-refractivity contribution in [2.45, 2.75) is 80.1 Å². The van der Waals surface area contributed by atoms with Gasteiger partial charge in [0, 0.05) is 12.5 Å². The number of fused-ring (bicyclic) bond motifs is 2. The van der Waals surface area contributed by atoms with Gasteiger partial charge in [-0.1, -0.05) is 24.6 Å². The van der Waals surface area contributed by atoms with Crippen molar-refractivity contribution in [2.75, 3.05) is 6.54 Å². The van der Waals surface area contributed by atoms with Crippen molar-refractivity contribution in [1.82, 2.24) is 14.9 Å². The number of nitrogens with one attached hydrogen (secondary N) is 2. The quantitative estimate of drug-likeness (QED) is 0.447. The summed E-state index contributed by atoms with van der Waals surface area (Å²) in [5, 5.41) is 2.62. The van der Waals surface area contributed by atoms with Crippen molar-refractivity contribution in [3.63, 3.8) is 0 Å². The van der Waals surface area contributed by atoms with Crippen molar-refractivity contribution in [2.24, 2.45) is 11.7 Å². The number of ether oxygens (including phenoxy) is 1. The fourth-order valence-corrected chi connectivity index (χ4v) is 6.37. The molecule has 1 aliphatic carbocycles. The van der Waals surface area contributed by atoms with Gasteiger partial charge in [0.15, 0.2) is 6.10 Å². The van der Waals surface area contributed by atoms with Gasteiger partial charge >= 0.3 is 12.3 Å². The number of allylic oxidation sites excluding steroid dienone is 1. The second-order valence-electron chi connectivity index (χ2n) is 10.4. The van der Waals surface area contributed by atoms with Gasteiger partial charge < -0.3 is 20.7 Å². The second kappa shape index (κ2) is 11.7. The highest BCUT2D eigenvalue weighted by Gasteiger charge is 2.61. The van der Waals surface area contributed by atoms with Crippen LogP contribution in [0.4, 0.5) is 18.0 Å². The molecule has 4 N–H and O–H groups in total. The highest BCUT2D eigenvalue weighted by atomic mass is 32.2. The van der Waals surface area contributed by atoms with E-state index in [0.717, 1.165) is 12.1 Å². The predicted octanol–water partition coefficient (Wildman–Crippen LogP) is 2.36. The molecular formula is C26H31F3N4O7S. The summed E-state index contributed by atoms with van der Waals surface area (Å²) in [4.78, 5) is 52.0. The minimum atomic E-state index is -4.80. The number of primary amides is 1. The number of sulfonamides is 1. The van der Waals surface area contributed by atoms with E-state index < -0.39 is 74.1 Å². The van der Waals surface area contributed by atoms with Gasteiger partial charge in [-0.15, -0.1) is 0 Å². The van der Waals surface area contributed by atoms with Crippen LogP contribution in [0.25, 0.3) is 0 Å². The molecule has 1 aromatic rings. The van der Waals surface area contributed by atoms with E-state index >= 15 is 0 Å². The van der Waals surface area contributed by atoms with Crippen LogP contribution in [0.3, 0.4) is 0 Å². The molecular weight excluding hydrogens is 569 g/mol. The van der Waals surface area contributed by atoms with E-state index in [1.54, 1.807) is 12.2 Å². The molecule has 2 fully saturated rings. The maximum absolute atomic E-state index is 13.4. The van der Waals surface area contributed by atoms with E-state index in [9.17, 15) is 40.8 Å². The Kier molecular flexibility index (Phi) is 8.66. The standard InChI is InChI=1S/C26H31F3N4O7S/c27-26(28,29)16-9-6-10-18(14-16)41(38,39)32-23(36)25-15-17(25)8-4-2-1-3-5-12-20(40-24(30)37)22(35)33-13-7-11-19(33)21(34)31-25/h4,6,8-10,14,17,19-20H,1-3,5,7,11-13,15H2,(H2,30,37)(H,31,34)(H,32,36). The SMILES string of the molecule is NC(=O)OC1CCCCCC=CC2CC2(C(=O)NS(=O)(=O)c2cccc(C(F)(F)F)c2)NC(=O)C2CCCN2C1=O. The number of rotatable bonds is 4. The minimum Gasteiger partial charge on any atom is -0.436 e. The molecule has 0 aromatic heterocycles. The van der Waals surface area contributed by atoms with Crippen LogP contribution in [0.2, 0.25) is 0 Å². The molecule has 224 valence electrons. The van der Waals surface area contributed by atoms with Crippen LogP contribution in [-0.2, 0) is 35.3 Å². The second-order valence-corrected chi connectivity index (χ2v) is 12.1. The Bertz CT molecular complexity index is 1350. The van der Waals surface area contributed by atoms with E-state index in [-0.39, 0.29) is 25.8 Å². The van der Waals surface area contributed by atoms with Crippen LogP contribution in [0, 0.1) is 5.92 Å². The molecule has 0 spiro atoms. The minimum absolute atomic E-state index is 0.0489. The molecule has 3 aliphatic rings. The molecule has 4 amide bonds. The number of alkyl halides is 3. The molecule has 4 rings (SSSR count). The lowest BCUT2D eigenvalue weighted by Crippen LogP contribution is -2.57. The van der Waals surface area contributed by atoms with E-state index in [2.05, 4.69) is 5.32 Å². The molecule has 11 nitrogen and oxygen atoms in total. The number of halogens is 3. The summed E-state index contributed by atoms with van der Waals surface area (Å²) in [5.74, 6) is -2.98.